The van der Waals surface area contributed by atoms with E-state index < -0.39 is 0 Å². The van der Waals surface area contributed by atoms with Gasteiger partial charge in [0.15, 0.2) is 23.9 Å². The van der Waals surface area contributed by atoms with Crippen molar-refractivity contribution in [2.45, 2.75) is 0 Å². The highest BCUT2D eigenvalue weighted by Gasteiger charge is 2.09. The van der Waals surface area contributed by atoms with Gasteiger partial charge in [0.05, 0.1) is 7.11 Å². The number of aromatic nitrogens is 4. The maximum absolute atomic E-state index is 12.0. The number of rotatable bonds is 6. The largest absolute Gasteiger partial charge is 0.493 e. The van der Waals surface area contributed by atoms with Crippen LogP contribution in [-0.2, 0) is 11.8 Å². The molecule has 25 heavy (non-hydrogen) atoms. The van der Waals surface area contributed by atoms with E-state index in [2.05, 4.69) is 20.8 Å². The van der Waals surface area contributed by atoms with E-state index in [1.54, 1.807) is 43.1 Å². The molecule has 0 saturated heterocycles. The molecule has 0 aliphatic rings. The van der Waals surface area contributed by atoms with Gasteiger partial charge in [0, 0.05) is 18.3 Å². The van der Waals surface area contributed by atoms with Crippen molar-refractivity contribution in [1.29, 1.82) is 0 Å². The molecule has 0 saturated carbocycles. The van der Waals surface area contributed by atoms with Crippen LogP contribution in [0.3, 0.4) is 0 Å². The summed E-state index contributed by atoms with van der Waals surface area (Å²) in [5, 5.41) is 14.1. The zero-order valence-electron chi connectivity index (χ0n) is 13.8. The number of methoxy groups -OCH3 is 1. The van der Waals surface area contributed by atoms with Crippen LogP contribution in [0.15, 0.2) is 48.5 Å². The Hall–Kier alpha value is -3.42. The van der Waals surface area contributed by atoms with Gasteiger partial charge in [0.25, 0.3) is 5.91 Å². The number of carbonyl (C=O) groups excluding carboxylic acids is 1. The number of nitrogens with one attached hydrogen (secondary N) is 1. The molecule has 1 heterocycles. The van der Waals surface area contributed by atoms with E-state index in [1.807, 2.05) is 24.3 Å². The van der Waals surface area contributed by atoms with Gasteiger partial charge in [-0.05, 0) is 46.8 Å². The fourth-order valence-corrected chi connectivity index (χ4v) is 2.26. The monoisotopic (exact) mass is 339 g/mol. The first-order valence-electron chi connectivity index (χ1n) is 7.56. The van der Waals surface area contributed by atoms with E-state index in [0.717, 1.165) is 5.56 Å². The minimum absolute atomic E-state index is 0.116. The van der Waals surface area contributed by atoms with E-state index in [-0.39, 0.29) is 12.5 Å². The summed E-state index contributed by atoms with van der Waals surface area (Å²) < 4.78 is 12.3. The van der Waals surface area contributed by atoms with Crippen molar-refractivity contribution in [3.63, 3.8) is 0 Å². The number of tetrazole rings is 1. The van der Waals surface area contributed by atoms with Crippen molar-refractivity contribution in [2.75, 3.05) is 19.0 Å². The van der Waals surface area contributed by atoms with E-state index >= 15 is 0 Å². The van der Waals surface area contributed by atoms with Crippen LogP contribution >= 0.6 is 0 Å². The lowest BCUT2D eigenvalue weighted by atomic mass is 10.2. The Bertz CT molecular complexity index is 861. The molecule has 1 N–H and O–H groups in total. The molecule has 1 aromatic heterocycles. The minimum atomic E-state index is -0.265. The van der Waals surface area contributed by atoms with Gasteiger partial charge in [-0.25, -0.2) is 4.68 Å². The van der Waals surface area contributed by atoms with Gasteiger partial charge in [-0.2, -0.15) is 0 Å². The van der Waals surface area contributed by atoms with Crippen molar-refractivity contribution < 1.29 is 14.3 Å². The molecule has 0 atom stereocenters. The molecular weight excluding hydrogens is 322 g/mol. The van der Waals surface area contributed by atoms with Crippen molar-refractivity contribution in [2.24, 2.45) is 7.05 Å². The number of anilines is 1. The second-order valence-electron chi connectivity index (χ2n) is 5.19. The number of benzene rings is 2. The smallest absolute Gasteiger partial charge is 0.262 e. The van der Waals surface area contributed by atoms with E-state index in [4.69, 9.17) is 9.47 Å². The molecule has 0 aliphatic heterocycles. The quantitative estimate of drug-likeness (QED) is 0.737. The van der Waals surface area contributed by atoms with E-state index in [0.29, 0.717) is 23.0 Å². The van der Waals surface area contributed by atoms with Crippen LogP contribution in [-0.4, -0.2) is 39.8 Å². The average molecular weight is 339 g/mol. The zero-order chi connectivity index (χ0) is 17.6. The van der Waals surface area contributed by atoms with Crippen LogP contribution < -0.4 is 14.8 Å². The fraction of sp³-hybridized carbons (Fsp3) is 0.176. The van der Waals surface area contributed by atoms with Crippen molar-refractivity contribution >= 4 is 11.6 Å². The molecule has 3 rings (SSSR count). The van der Waals surface area contributed by atoms with E-state index in [9.17, 15) is 4.79 Å². The van der Waals surface area contributed by atoms with Crippen LogP contribution in [0.5, 0.6) is 11.5 Å². The van der Waals surface area contributed by atoms with Gasteiger partial charge in [0.2, 0.25) is 0 Å². The number of nitrogens with zero attached hydrogens (tertiary/aromatic N) is 4. The highest BCUT2D eigenvalue weighted by atomic mass is 16.5. The molecule has 0 spiro atoms. The minimum Gasteiger partial charge on any atom is -0.493 e. The molecule has 8 heteroatoms. The lowest BCUT2D eigenvalue weighted by molar-refractivity contribution is -0.118. The highest BCUT2D eigenvalue weighted by Crippen LogP contribution is 2.25. The Kier molecular flexibility index (Phi) is 4.89. The molecule has 0 bridgehead atoms. The molecule has 3 aromatic rings. The molecule has 0 fully saturated rings. The predicted molar refractivity (Wildman–Crippen MR) is 91.4 cm³/mol. The van der Waals surface area contributed by atoms with Crippen molar-refractivity contribution in [1.82, 2.24) is 20.2 Å². The van der Waals surface area contributed by atoms with E-state index in [1.165, 1.54) is 0 Å². The molecule has 1 amide bonds. The topological polar surface area (TPSA) is 91.2 Å². The standard InChI is InChI=1S/C17H17N5O3/c1-22-17(19-20-21-22)12-7-9-13(10-8-12)18-16(23)11-25-15-6-4-3-5-14(15)24-2/h3-10H,11H2,1-2H3,(H,18,23). The number of para-hydroxylation sites is 2. The van der Waals surface area contributed by atoms with Crippen LogP contribution in [0.25, 0.3) is 11.4 Å². The predicted octanol–water partition coefficient (Wildman–Crippen LogP) is 1.90. The molecule has 8 nitrogen and oxygen atoms in total. The SMILES string of the molecule is COc1ccccc1OCC(=O)Nc1ccc(-c2nnnn2C)cc1. The van der Waals surface area contributed by atoms with Gasteiger partial charge < -0.3 is 14.8 Å². The van der Waals surface area contributed by atoms with Gasteiger partial charge in [0.1, 0.15) is 0 Å². The van der Waals surface area contributed by atoms with Crippen LogP contribution in [0.4, 0.5) is 5.69 Å². The summed E-state index contributed by atoms with van der Waals surface area (Å²) in [4.78, 5) is 12.0. The number of hydrogen-bond acceptors (Lipinski definition) is 6. The second kappa shape index (κ2) is 7.43. The Morgan fingerprint density at radius 2 is 1.84 bits per heavy atom. The van der Waals surface area contributed by atoms with Crippen LogP contribution in [0.2, 0.25) is 0 Å². The van der Waals surface area contributed by atoms with Crippen LogP contribution in [0.1, 0.15) is 0 Å². The molecular formula is C17H17N5O3. The Morgan fingerprint density at radius 3 is 2.48 bits per heavy atom. The molecule has 0 radical (unpaired) electrons. The number of ether oxygens (including phenoxy) is 2. The summed E-state index contributed by atoms with van der Waals surface area (Å²) in [5.74, 6) is 1.48. The second-order valence-corrected chi connectivity index (χ2v) is 5.19. The summed E-state index contributed by atoms with van der Waals surface area (Å²) in [6, 6.07) is 14.4. The number of amides is 1. The Balaban J connectivity index is 1.59. The molecule has 0 unspecified atom stereocenters. The lowest BCUT2D eigenvalue weighted by Crippen LogP contribution is -2.20. The van der Waals surface area contributed by atoms with Crippen LogP contribution in [0, 0.1) is 0 Å². The summed E-state index contributed by atoms with van der Waals surface area (Å²) in [6.07, 6.45) is 0. The first kappa shape index (κ1) is 16.4. The molecule has 0 aliphatic carbocycles. The first-order valence-corrected chi connectivity index (χ1v) is 7.56. The number of carbonyl (C=O) groups is 1. The third-order valence-corrected chi connectivity index (χ3v) is 3.47. The lowest BCUT2D eigenvalue weighted by Gasteiger charge is -2.10. The fourth-order valence-electron chi connectivity index (χ4n) is 2.26. The van der Waals surface area contributed by atoms with Crippen molar-refractivity contribution in [3.05, 3.63) is 48.5 Å². The number of aryl methyl sites for hydroxylation is 1. The normalized spacial score (nSPS) is 10.3. The number of hydrogen-bond donors (Lipinski definition) is 1. The summed E-state index contributed by atoms with van der Waals surface area (Å²) in [6.45, 7) is -0.116. The highest BCUT2D eigenvalue weighted by molar-refractivity contribution is 5.92. The summed E-state index contributed by atoms with van der Waals surface area (Å²) in [5.41, 5.74) is 1.52. The Morgan fingerprint density at radius 1 is 1.12 bits per heavy atom. The first-order chi connectivity index (χ1) is 12.2. The zero-order valence-corrected chi connectivity index (χ0v) is 13.8. The third-order valence-electron chi connectivity index (χ3n) is 3.47. The third kappa shape index (κ3) is 3.92. The van der Waals surface area contributed by atoms with Gasteiger partial charge in [-0.1, -0.05) is 12.1 Å². The maximum Gasteiger partial charge on any atom is 0.262 e. The van der Waals surface area contributed by atoms with Gasteiger partial charge in [-0.15, -0.1) is 5.10 Å². The molecule has 128 valence electrons. The summed E-state index contributed by atoms with van der Waals surface area (Å²) in [7, 11) is 3.32. The Labute approximate surface area is 144 Å². The average Bonchev–Trinajstić information content (AvgIpc) is 3.07. The molecule has 2 aromatic carbocycles. The summed E-state index contributed by atoms with van der Waals surface area (Å²) >= 11 is 0. The van der Waals surface area contributed by atoms with Gasteiger partial charge in [-0.3, -0.25) is 4.79 Å². The van der Waals surface area contributed by atoms with Gasteiger partial charge >= 0.3 is 0 Å². The maximum atomic E-state index is 12.0. The van der Waals surface area contributed by atoms with Crippen molar-refractivity contribution in [3.8, 4) is 22.9 Å².